The van der Waals surface area contributed by atoms with Gasteiger partial charge in [0.25, 0.3) is 0 Å². The molecule has 3 rings (SSSR count). The summed E-state index contributed by atoms with van der Waals surface area (Å²) in [5.41, 5.74) is 0.307. The molecule has 3 atom stereocenters. The third kappa shape index (κ3) is 0.851. The van der Waals surface area contributed by atoms with Gasteiger partial charge in [-0.15, -0.1) is 0 Å². The number of ketones is 1. The lowest BCUT2D eigenvalue weighted by Crippen LogP contribution is -2.56. The van der Waals surface area contributed by atoms with Gasteiger partial charge in [0.05, 0.1) is 4.83 Å². The van der Waals surface area contributed by atoms with Gasteiger partial charge in [-0.1, -0.05) is 29.8 Å². The van der Waals surface area contributed by atoms with E-state index in [9.17, 15) is 4.79 Å². The lowest BCUT2D eigenvalue weighted by atomic mass is 9.48. The molecule has 0 aromatic heterocycles. The number of Topliss-reactive ketones (excluding diaryl/α,β-unsaturated/α-hetero) is 1. The Hall–Kier alpha value is 0.150. The minimum absolute atomic E-state index is 0.166. The molecule has 2 heteroatoms. The number of carbonyl (C=O) groups excluding carboxylic acids is 1. The molecule has 0 unspecified atom stereocenters. The van der Waals surface area contributed by atoms with Crippen molar-refractivity contribution in [3.8, 4) is 0 Å². The van der Waals surface area contributed by atoms with Crippen molar-refractivity contribution in [2.75, 3.05) is 0 Å². The number of rotatable bonds is 0. The largest absolute Gasteiger partial charge is 0.298 e. The second-order valence-electron chi connectivity index (χ2n) is 4.41. The third-order valence-electron chi connectivity index (χ3n) is 3.61. The first-order chi connectivity index (χ1) is 5.03. The highest BCUT2D eigenvalue weighted by molar-refractivity contribution is 9.10. The molecule has 3 saturated carbocycles. The van der Waals surface area contributed by atoms with Gasteiger partial charge < -0.3 is 0 Å². The lowest BCUT2D eigenvalue weighted by molar-refractivity contribution is -0.146. The van der Waals surface area contributed by atoms with E-state index in [1.807, 2.05) is 0 Å². The number of hydrogen-bond acceptors (Lipinski definition) is 1. The van der Waals surface area contributed by atoms with Crippen molar-refractivity contribution in [2.45, 2.75) is 31.5 Å². The Balaban J connectivity index is 2.23. The second-order valence-corrected chi connectivity index (χ2v) is 5.52. The number of alkyl halides is 1. The summed E-state index contributed by atoms with van der Waals surface area (Å²) in [5, 5.41) is 0. The first kappa shape index (κ1) is 7.78. The third-order valence-corrected chi connectivity index (χ3v) is 4.44. The Morgan fingerprint density at radius 3 is 2.45 bits per heavy atom. The normalized spacial score (nSPS) is 46.8. The molecule has 0 spiro atoms. The van der Waals surface area contributed by atoms with Crippen LogP contribution in [0.2, 0.25) is 0 Å². The SMILES string of the molecule is CC1(C)[C@H]2C[C@@H]1C(=O)[C@@H](Br)C2. The highest BCUT2D eigenvalue weighted by Gasteiger charge is 2.56. The van der Waals surface area contributed by atoms with Crippen molar-refractivity contribution < 1.29 is 4.79 Å². The minimum Gasteiger partial charge on any atom is -0.298 e. The van der Waals surface area contributed by atoms with E-state index in [1.54, 1.807) is 0 Å². The van der Waals surface area contributed by atoms with E-state index in [2.05, 4.69) is 29.8 Å². The second kappa shape index (κ2) is 2.09. The molecule has 11 heavy (non-hydrogen) atoms. The van der Waals surface area contributed by atoms with Crippen LogP contribution in [0.1, 0.15) is 26.7 Å². The van der Waals surface area contributed by atoms with Gasteiger partial charge in [-0.25, -0.2) is 0 Å². The van der Waals surface area contributed by atoms with Gasteiger partial charge in [0.2, 0.25) is 0 Å². The molecule has 3 fully saturated rings. The predicted molar refractivity (Wildman–Crippen MR) is 47.7 cm³/mol. The Morgan fingerprint density at radius 1 is 1.45 bits per heavy atom. The summed E-state index contributed by atoms with van der Waals surface area (Å²) in [6, 6.07) is 0. The molecule has 3 aliphatic carbocycles. The molecule has 3 aliphatic rings. The van der Waals surface area contributed by atoms with E-state index < -0.39 is 0 Å². The van der Waals surface area contributed by atoms with Crippen LogP contribution in [0.25, 0.3) is 0 Å². The summed E-state index contributed by atoms with van der Waals surface area (Å²) < 4.78 is 0. The highest BCUT2D eigenvalue weighted by Crippen LogP contribution is 2.58. The summed E-state index contributed by atoms with van der Waals surface area (Å²) >= 11 is 3.43. The van der Waals surface area contributed by atoms with Crippen LogP contribution in [-0.2, 0) is 4.79 Å². The fourth-order valence-electron chi connectivity index (χ4n) is 2.48. The van der Waals surface area contributed by atoms with Gasteiger partial charge in [0.1, 0.15) is 5.78 Å². The minimum atomic E-state index is 0.166. The van der Waals surface area contributed by atoms with Crippen LogP contribution in [0.15, 0.2) is 0 Å². The Kier molecular flexibility index (Phi) is 1.48. The first-order valence-corrected chi connectivity index (χ1v) is 5.13. The molecular formula is C9H13BrO. The fourth-order valence-corrected chi connectivity index (χ4v) is 3.25. The molecule has 62 valence electrons. The molecule has 0 heterocycles. The maximum atomic E-state index is 11.5. The molecule has 0 N–H and O–H groups in total. The fraction of sp³-hybridized carbons (Fsp3) is 0.889. The van der Waals surface area contributed by atoms with Crippen molar-refractivity contribution in [3.05, 3.63) is 0 Å². The predicted octanol–water partition coefficient (Wildman–Crippen LogP) is 2.39. The molecule has 0 amide bonds. The van der Waals surface area contributed by atoms with E-state index in [-0.39, 0.29) is 4.83 Å². The summed E-state index contributed by atoms with van der Waals surface area (Å²) in [6.45, 7) is 4.45. The first-order valence-electron chi connectivity index (χ1n) is 4.21. The van der Waals surface area contributed by atoms with Crippen molar-refractivity contribution in [3.63, 3.8) is 0 Å². The Bertz CT molecular complexity index is 210. The molecule has 1 nitrogen and oxygen atoms in total. The molecular weight excluding hydrogens is 204 g/mol. The number of halogens is 1. The average Bonchev–Trinajstić information content (AvgIpc) is 1.93. The van der Waals surface area contributed by atoms with Crippen LogP contribution in [0.3, 0.4) is 0 Å². The Labute approximate surface area is 75.7 Å². The zero-order valence-electron chi connectivity index (χ0n) is 6.93. The molecule has 2 bridgehead atoms. The molecule has 0 aromatic carbocycles. The zero-order chi connectivity index (χ0) is 8.22. The van der Waals surface area contributed by atoms with E-state index in [0.717, 1.165) is 18.8 Å². The highest BCUT2D eigenvalue weighted by atomic mass is 79.9. The van der Waals surface area contributed by atoms with Crippen molar-refractivity contribution >= 4 is 21.7 Å². The van der Waals surface area contributed by atoms with E-state index >= 15 is 0 Å². The van der Waals surface area contributed by atoms with Crippen LogP contribution in [0.5, 0.6) is 0 Å². The smallest absolute Gasteiger partial charge is 0.150 e. The van der Waals surface area contributed by atoms with Gasteiger partial charge in [-0.3, -0.25) is 4.79 Å². The number of carbonyl (C=O) groups is 1. The molecule has 0 aromatic rings. The lowest BCUT2D eigenvalue weighted by Gasteiger charge is -2.56. The van der Waals surface area contributed by atoms with E-state index in [4.69, 9.17) is 0 Å². The maximum absolute atomic E-state index is 11.5. The van der Waals surface area contributed by atoms with Crippen LogP contribution >= 0.6 is 15.9 Å². The van der Waals surface area contributed by atoms with Crippen LogP contribution in [0.4, 0.5) is 0 Å². The van der Waals surface area contributed by atoms with Gasteiger partial charge in [-0.2, -0.15) is 0 Å². The van der Waals surface area contributed by atoms with E-state index in [1.165, 1.54) is 0 Å². The maximum Gasteiger partial charge on any atom is 0.150 e. The van der Waals surface area contributed by atoms with Crippen molar-refractivity contribution in [1.82, 2.24) is 0 Å². The number of fused-ring (bicyclic) bond motifs is 2. The van der Waals surface area contributed by atoms with Gasteiger partial charge in [0.15, 0.2) is 0 Å². The van der Waals surface area contributed by atoms with Crippen LogP contribution < -0.4 is 0 Å². The molecule has 0 radical (unpaired) electrons. The van der Waals surface area contributed by atoms with Crippen molar-refractivity contribution in [2.24, 2.45) is 17.3 Å². The summed E-state index contributed by atoms with van der Waals surface area (Å²) in [5.74, 6) is 1.58. The number of hydrogen-bond donors (Lipinski definition) is 0. The quantitative estimate of drug-likeness (QED) is 0.569. The van der Waals surface area contributed by atoms with Crippen LogP contribution in [-0.4, -0.2) is 10.6 Å². The summed E-state index contributed by atoms with van der Waals surface area (Å²) in [4.78, 5) is 11.7. The van der Waals surface area contributed by atoms with Gasteiger partial charge in [-0.05, 0) is 24.2 Å². The zero-order valence-corrected chi connectivity index (χ0v) is 8.52. The average molecular weight is 217 g/mol. The molecule has 0 saturated heterocycles. The summed E-state index contributed by atoms with van der Waals surface area (Å²) in [7, 11) is 0. The van der Waals surface area contributed by atoms with E-state index in [0.29, 0.717) is 17.1 Å². The van der Waals surface area contributed by atoms with Gasteiger partial charge >= 0.3 is 0 Å². The van der Waals surface area contributed by atoms with Crippen LogP contribution in [0, 0.1) is 17.3 Å². The monoisotopic (exact) mass is 216 g/mol. The Morgan fingerprint density at radius 2 is 2.09 bits per heavy atom. The van der Waals surface area contributed by atoms with Crippen molar-refractivity contribution in [1.29, 1.82) is 0 Å². The topological polar surface area (TPSA) is 17.1 Å². The molecule has 0 aliphatic heterocycles. The van der Waals surface area contributed by atoms with Gasteiger partial charge in [0, 0.05) is 5.92 Å². The summed E-state index contributed by atoms with van der Waals surface area (Å²) in [6.07, 6.45) is 2.20. The standard InChI is InChI=1S/C9H13BrO/c1-9(2)5-3-6(9)8(11)7(10)4-5/h5-7H,3-4H2,1-2H3/t5-,6+,7-/m0/s1.